The van der Waals surface area contributed by atoms with Crippen LogP contribution in [0.4, 0.5) is 4.39 Å². The van der Waals surface area contributed by atoms with E-state index in [9.17, 15) is 9.18 Å². The average molecular weight is 472 g/mol. The molecule has 142 valence electrons. The van der Waals surface area contributed by atoms with Gasteiger partial charge in [-0.15, -0.1) is 11.3 Å². The predicted octanol–water partition coefficient (Wildman–Crippen LogP) is 5.51. The van der Waals surface area contributed by atoms with Gasteiger partial charge in [0.2, 0.25) is 0 Å². The molecule has 1 atom stereocenters. The Morgan fingerprint density at radius 1 is 1.44 bits per heavy atom. The zero-order chi connectivity index (χ0) is 19.4. The molecule has 0 saturated carbocycles. The van der Waals surface area contributed by atoms with Crippen LogP contribution in [0.25, 0.3) is 0 Å². The van der Waals surface area contributed by atoms with Gasteiger partial charge in [0, 0.05) is 22.5 Å². The van der Waals surface area contributed by atoms with Gasteiger partial charge in [-0.3, -0.25) is 4.99 Å². The van der Waals surface area contributed by atoms with Crippen LogP contribution in [-0.4, -0.2) is 28.6 Å². The summed E-state index contributed by atoms with van der Waals surface area (Å²) in [5.74, 6) is -1.01. The quantitative estimate of drug-likeness (QED) is 0.426. The second-order valence-electron chi connectivity index (χ2n) is 5.83. The standard InChI is InChI=1S/C19H17BrClFN2O2S/c1-2-26-19(25)15-11(10-20)6-7-14(18-23-8-9-27-18)24-17(15)12-4-3-5-13(22)16(12)21/h3-5,8-9,17H,2,6-7,10H2,1H3. The van der Waals surface area contributed by atoms with Crippen LogP contribution in [0.5, 0.6) is 0 Å². The van der Waals surface area contributed by atoms with Crippen molar-refractivity contribution in [2.45, 2.75) is 25.8 Å². The van der Waals surface area contributed by atoms with Crippen molar-refractivity contribution < 1.29 is 13.9 Å². The fourth-order valence-corrected chi connectivity index (χ4v) is 4.45. The molecule has 0 spiro atoms. The molecule has 3 rings (SSSR count). The number of carbonyl (C=O) groups is 1. The molecule has 27 heavy (non-hydrogen) atoms. The molecular formula is C19H17BrClFN2O2S. The highest BCUT2D eigenvalue weighted by atomic mass is 79.9. The molecule has 0 N–H and O–H groups in total. The number of ether oxygens (including phenoxy) is 1. The van der Waals surface area contributed by atoms with E-state index < -0.39 is 17.8 Å². The van der Waals surface area contributed by atoms with Crippen LogP contribution in [0, 0.1) is 5.82 Å². The Morgan fingerprint density at radius 3 is 2.93 bits per heavy atom. The minimum atomic E-state index is -0.749. The van der Waals surface area contributed by atoms with E-state index in [0.717, 1.165) is 16.3 Å². The Morgan fingerprint density at radius 2 is 2.26 bits per heavy atom. The molecule has 0 fully saturated rings. The fraction of sp³-hybridized carbons (Fsp3) is 0.316. The van der Waals surface area contributed by atoms with E-state index in [4.69, 9.17) is 21.3 Å². The predicted molar refractivity (Wildman–Crippen MR) is 109 cm³/mol. The third kappa shape index (κ3) is 4.31. The second kappa shape index (κ2) is 9.08. The lowest BCUT2D eigenvalue weighted by molar-refractivity contribution is -0.138. The van der Waals surface area contributed by atoms with Crippen molar-refractivity contribution in [3.05, 3.63) is 62.3 Å². The normalized spacial score (nSPS) is 17.5. The number of rotatable bonds is 5. The highest BCUT2D eigenvalue weighted by Crippen LogP contribution is 2.39. The van der Waals surface area contributed by atoms with Gasteiger partial charge in [0.15, 0.2) is 0 Å². The van der Waals surface area contributed by atoms with E-state index in [0.29, 0.717) is 29.3 Å². The largest absolute Gasteiger partial charge is 0.463 e. The minimum Gasteiger partial charge on any atom is -0.463 e. The van der Waals surface area contributed by atoms with Gasteiger partial charge in [-0.25, -0.2) is 14.2 Å². The topological polar surface area (TPSA) is 51.5 Å². The molecule has 8 heteroatoms. The first-order valence-corrected chi connectivity index (χ1v) is 10.8. The number of alkyl halides is 1. The maximum Gasteiger partial charge on any atom is 0.336 e. The van der Waals surface area contributed by atoms with Gasteiger partial charge in [-0.2, -0.15) is 0 Å². The maximum absolute atomic E-state index is 14.1. The number of aromatic nitrogens is 1. The first kappa shape index (κ1) is 20.2. The molecule has 4 nitrogen and oxygen atoms in total. The summed E-state index contributed by atoms with van der Waals surface area (Å²) in [7, 11) is 0. The van der Waals surface area contributed by atoms with Gasteiger partial charge in [-0.1, -0.05) is 39.7 Å². The molecule has 2 aromatic rings. The molecule has 1 aliphatic rings. The third-order valence-electron chi connectivity index (χ3n) is 4.21. The van der Waals surface area contributed by atoms with E-state index in [2.05, 4.69) is 20.9 Å². The summed E-state index contributed by atoms with van der Waals surface area (Å²) in [5, 5.41) is 3.11. The molecule has 1 aliphatic heterocycles. The third-order valence-corrected chi connectivity index (χ3v) is 6.11. The summed E-state index contributed by atoms with van der Waals surface area (Å²) < 4.78 is 19.4. The molecule has 0 amide bonds. The molecule has 1 unspecified atom stereocenters. The number of halogens is 3. The van der Waals surface area contributed by atoms with Crippen molar-refractivity contribution in [3.8, 4) is 0 Å². The molecular weight excluding hydrogens is 455 g/mol. The molecule has 0 bridgehead atoms. The Kier molecular flexibility index (Phi) is 6.78. The number of hydrogen-bond donors (Lipinski definition) is 0. The summed E-state index contributed by atoms with van der Waals surface area (Å²) in [6, 6.07) is 3.79. The summed E-state index contributed by atoms with van der Waals surface area (Å²) in [5.41, 5.74) is 2.49. The van der Waals surface area contributed by atoms with Crippen LogP contribution in [0.1, 0.15) is 36.4 Å². The van der Waals surface area contributed by atoms with Gasteiger partial charge in [0.1, 0.15) is 16.9 Å². The number of benzene rings is 1. The van der Waals surface area contributed by atoms with Crippen molar-refractivity contribution in [1.29, 1.82) is 0 Å². The molecule has 1 aromatic heterocycles. The van der Waals surface area contributed by atoms with Gasteiger partial charge >= 0.3 is 5.97 Å². The highest BCUT2D eigenvalue weighted by molar-refractivity contribution is 9.09. The Labute approximate surface area is 174 Å². The zero-order valence-corrected chi connectivity index (χ0v) is 17.7. The molecule has 0 radical (unpaired) electrons. The van der Waals surface area contributed by atoms with Crippen LogP contribution in [0.3, 0.4) is 0 Å². The minimum absolute atomic E-state index is 0.0395. The number of carbonyl (C=O) groups excluding carboxylic acids is 1. The number of esters is 1. The Balaban J connectivity index is 2.20. The monoisotopic (exact) mass is 470 g/mol. The fourth-order valence-electron chi connectivity index (χ4n) is 2.97. The van der Waals surface area contributed by atoms with Crippen molar-refractivity contribution in [2.75, 3.05) is 11.9 Å². The second-order valence-corrected chi connectivity index (χ2v) is 7.66. The Hall–Kier alpha value is -1.57. The first-order chi connectivity index (χ1) is 13.1. The number of thiazole rings is 1. The summed E-state index contributed by atoms with van der Waals surface area (Å²) in [4.78, 5) is 21.9. The van der Waals surface area contributed by atoms with E-state index >= 15 is 0 Å². The van der Waals surface area contributed by atoms with E-state index in [1.54, 1.807) is 25.3 Å². The lowest BCUT2D eigenvalue weighted by Crippen LogP contribution is -2.17. The summed E-state index contributed by atoms with van der Waals surface area (Å²) in [6.45, 7) is 1.99. The van der Waals surface area contributed by atoms with Crippen molar-refractivity contribution >= 4 is 50.5 Å². The van der Waals surface area contributed by atoms with Gasteiger partial charge < -0.3 is 4.74 Å². The number of aliphatic imine (C=N–C) groups is 1. The van der Waals surface area contributed by atoms with Crippen LogP contribution in [-0.2, 0) is 9.53 Å². The lowest BCUT2D eigenvalue weighted by atomic mass is 9.94. The van der Waals surface area contributed by atoms with Gasteiger partial charge in [0.25, 0.3) is 0 Å². The SMILES string of the molecule is CCOC(=O)C1=C(CBr)CCC(c2nccs2)=NC1c1cccc(F)c1Cl. The van der Waals surface area contributed by atoms with Crippen LogP contribution in [0.15, 0.2) is 45.9 Å². The maximum atomic E-state index is 14.1. The van der Waals surface area contributed by atoms with Crippen LogP contribution >= 0.6 is 38.9 Å². The van der Waals surface area contributed by atoms with Crippen molar-refractivity contribution in [1.82, 2.24) is 4.98 Å². The smallest absolute Gasteiger partial charge is 0.336 e. The number of hydrogen-bond acceptors (Lipinski definition) is 5. The van der Waals surface area contributed by atoms with E-state index in [1.807, 2.05) is 5.38 Å². The van der Waals surface area contributed by atoms with Crippen molar-refractivity contribution in [3.63, 3.8) is 0 Å². The van der Waals surface area contributed by atoms with Crippen LogP contribution in [0.2, 0.25) is 5.02 Å². The molecule has 0 saturated heterocycles. The lowest BCUT2D eigenvalue weighted by Gasteiger charge is -2.19. The molecule has 0 aliphatic carbocycles. The summed E-state index contributed by atoms with van der Waals surface area (Å²) >= 11 is 11.2. The van der Waals surface area contributed by atoms with E-state index in [-0.39, 0.29) is 11.6 Å². The number of nitrogens with zero attached hydrogens (tertiary/aromatic N) is 2. The number of allylic oxidation sites excluding steroid dienone is 1. The van der Waals surface area contributed by atoms with Gasteiger partial charge in [0.05, 0.1) is 22.9 Å². The van der Waals surface area contributed by atoms with Gasteiger partial charge in [-0.05, 0) is 31.4 Å². The first-order valence-electron chi connectivity index (χ1n) is 8.42. The Bertz CT molecular complexity index is 899. The molecule has 2 heterocycles. The highest BCUT2D eigenvalue weighted by Gasteiger charge is 2.32. The van der Waals surface area contributed by atoms with Crippen LogP contribution < -0.4 is 0 Å². The summed E-state index contributed by atoms with van der Waals surface area (Å²) in [6.07, 6.45) is 2.96. The van der Waals surface area contributed by atoms with E-state index in [1.165, 1.54) is 17.4 Å². The van der Waals surface area contributed by atoms with Crippen molar-refractivity contribution in [2.24, 2.45) is 4.99 Å². The average Bonchev–Trinajstić information content (AvgIpc) is 3.12. The zero-order valence-electron chi connectivity index (χ0n) is 14.5. The molecule has 1 aromatic carbocycles.